The Morgan fingerprint density at radius 3 is 2.75 bits per heavy atom. The molecule has 0 spiro atoms. The molecule has 0 aliphatic carbocycles. The number of aromatic amines is 1. The fourth-order valence-electron chi connectivity index (χ4n) is 3.94. The van der Waals surface area contributed by atoms with E-state index in [-0.39, 0.29) is 11.3 Å². The number of ketones is 1. The number of ether oxygens (including phenoxy) is 1. The van der Waals surface area contributed by atoms with Crippen molar-refractivity contribution in [2.75, 3.05) is 13.7 Å². The third-order valence-electron chi connectivity index (χ3n) is 5.47. The third kappa shape index (κ3) is 4.31. The van der Waals surface area contributed by atoms with Crippen molar-refractivity contribution in [1.29, 1.82) is 0 Å². The van der Waals surface area contributed by atoms with Gasteiger partial charge in [0.1, 0.15) is 23.9 Å². The number of hydrogen-bond donors (Lipinski definition) is 2. The van der Waals surface area contributed by atoms with E-state index in [1.54, 1.807) is 29.2 Å². The maximum atomic E-state index is 13.1. The lowest BCUT2D eigenvalue weighted by molar-refractivity contribution is -0.695. The number of methoxy groups -OCH3 is 1. The van der Waals surface area contributed by atoms with E-state index in [1.807, 2.05) is 47.6 Å². The number of nitrogens with one attached hydrogen (secondary N) is 1. The molecule has 1 aliphatic rings. The number of aliphatic hydroxyl groups is 1. The Kier molecular flexibility index (Phi) is 6.41. The molecule has 2 N–H and O–H groups in total. The van der Waals surface area contributed by atoms with Gasteiger partial charge in [-0.2, -0.15) is 0 Å². The first kappa shape index (κ1) is 21.8. The number of rotatable bonds is 7. The molecule has 1 amide bonds. The van der Waals surface area contributed by atoms with Crippen molar-refractivity contribution in [3.63, 3.8) is 0 Å². The van der Waals surface area contributed by atoms with E-state index in [9.17, 15) is 14.7 Å². The summed E-state index contributed by atoms with van der Waals surface area (Å²) in [5.41, 5.74) is 1.25. The van der Waals surface area contributed by atoms with Crippen molar-refractivity contribution in [1.82, 2.24) is 9.88 Å². The average molecular weight is 497 g/mol. The van der Waals surface area contributed by atoms with Crippen molar-refractivity contribution < 1.29 is 24.0 Å². The Labute approximate surface area is 194 Å². The van der Waals surface area contributed by atoms with Crippen LogP contribution in [0, 0.1) is 0 Å². The highest BCUT2D eigenvalue weighted by atomic mass is 79.9. The minimum absolute atomic E-state index is 0.0793. The van der Waals surface area contributed by atoms with E-state index < -0.39 is 17.7 Å². The van der Waals surface area contributed by atoms with Crippen molar-refractivity contribution in [2.45, 2.75) is 19.0 Å². The SMILES string of the molecule is COc1cccc(C(O)=C2C(=O)C(=O)N(CCC[n+]3cc[nH]c3)C2c2cccc(Br)c2)c1. The molecule has 0 saturated carbocycles. The molecule has 7 nitrogen and oxygen atoms in total. The number of halogens is 1. The summed E-state index contributed by atoms with van der Waals surface area (Å²) in [4.78, 5) is 30.6. The van der Waals surface area contributed by atoms with Crippen LogP contribution in [0.1, 0.15) is 23.6 Å². The van der Waals surface area contributed by atoms with E-state index in [4.69, 9.17) is 4.74 Å². The van der Waals surface area contributed by atoms with E-state index in [2.05, 4.69) is 20.9 Å². The summed E-state index contributed by atoms with van der Waals surface area (Å²) >= 11 is 3.47. The number of nitrogens with zero attached hydrogens (tertiary/aromatic N) is 2. The molecule has 0 bridgehead atoms. The summed E-state index contributed by atoms with van der Waals surface area (Å²) in [5.74, 6) is -0.969. The number of aromatic nitrogens is 2. The van der Waals surface area contributed by atoms with Gasteiger partial charge >= 0.3 is 0 Å². The zero-order valence-electron chi connectivity index (χ0n) is 17.5. The minimum atomic E-state index is -0.690. The number of imidazole rings is 1. The van der Waals surface area contributed by atoms with Gasteiger partial charge in [-0.15, -0.1) is 0 Å². The summed E-state index contributed by atoms with van der Waals surface area (Å²) in [6.45, 7) is 1.06. The molecule has 3 aromatic rings. The predicted molar refractivity (Wildman–Crippen MR) is 122 cm³/mol. The lowest BCUT2D eigenvalue weighted by Gasteiger charge is -2.25. The molecule has 32 heavy (non-hydrogen) atoms. The molecule has 2 heterocycles. The molecule has 1 fully saturated rings. The monoisotopic (exact) mass is 496 g/mol. The number of likely N-dealkylation sites (tertiary alicyclic amines) is 1. The van der Waals surface area contributed by atoms with Crippen molar-refractivity contribution in [3.05, 3.63) is 88.4 Å². The topological polar surface area (TPSA) is 86.5 Å². The Morgan fingerprint density at radius 2 is 2.03 bits per heavy atom. The van der Waals surface area contributed by atoms with Gasteiger partial charge in [-0.05, 0) is 29.8 Å². The minimum Gasteiger partial charge on any atom is -0.507 e. The van der Waals surface area contributed by atoms with Crippen LogP contribution in [0.25, 0.3) is 5.76 Å². The van der Waals surface area contributed by atoms with Crippen LogP contribution in [0.5, 0.6) is 5.75 Å². The van der Waals surface area contributed by atoms with Crippen LogP contribution in [0.15, 0.2) is 77.3 Å². The number of benzene rings is 2. The molecular weight excluding hydrogens is 474 g/mol. The first-order valence-electron chi connectivity index (χ1n) is 10.2. The Balaban J connectivity index is 1.75. The van der Waals surface area contributed by atoms with Gasteiger partial charge in [-0.3, -0.25) is 14.6 Å². The van der Waals surface area contributed by atoms with Crippen molar-refractivity contribution >= 4 is 33.4 Å². The molecule has 0 radical (unpaired) electrons. The third-order valence-corrected chi connectivity index (χ3v) is 5.96. The summed E-state index contributed by atoms with van der Waals surface area (Å²) in [7, 11) is 1.53. The van der Waals surface area contributed by atoms with E-state index in [0.29, 0.717) is 30.8 Å². The number of H-pyrrole nitrogens is 1. The van der Waals surface area contributed by atoms with Gasteiger partial charge in [0.2, 0.25) is 6.33 Å². The largest absolute Gasteiger partial charge is 0.507 e. The summed E-state index contributed by atoms with van der Waals surface area (Å²) in [6, 6.07) is 13.6. The van der Waals surface area contributed by atoms with Gasteiger partial charge < -0.3 is 14.7 Å². The Bertz CT molecular complexity index is 1170. The standard InChI is InChI=1S/C24H22BrN3O4/c1-32-19-8-3-6-17(14-19)22(29)20-21(16-5-2-7-18(25)13-16)28(24(31)23(20)30)11-4-10-27-12-9-26-15-27/h2-3,5-9,12-15,21H,4,10-11H2,1H3,(H,29,30)/p+1. The highest BCUT2D eigenvalue weighted by Crippen LogP contribution is 2.40. The molecule has 164 valence electrons. The van der Waals surface area contributed by atoms with Crippen LogP contribution in [-0.4, -0.2) is 40.3 Å². The first-order valence-corrected chi connectivity index (χ1v) is 11.0. The highest BCUT2D eigenvalue weighted by Gasteiger charge is 2.45. The number of Topliss-reactive ketones (excluding diaryl/α,β-unsaturated/α-hetero) is 1. The fraction of sp³-hybridized carbons (Fsp3) is 0.208. The molecule has 1 saturated heterocycles. The number of carbonyl (C=O) groups excluding carboxylic acids is 2. The molecule has 4 rings (SSSR count). The van der Waals surface area contributed by atoms with Crippen LogP contribution < -0.4 is 9.30 Å². The van der Waals surface area contributed by atoms with Gasteiger partial charge in [0.05, 0.1) is 25.3 Å². The van der Waals surface area contributed by atoms with Crippen LogP contribution in [-0.2, 0) is 16.1 Å². The van der Waals surface area contributed by atoms with Gasteiger partial charge in [-0.25, -0.2) is 4.57 Å². The Morgan fingerprint density at radius 1 is 1.22 bits per heavy atom. The zero-order chi connectivity index (χ0) is 22.7. The second-order valence-corrected chi connectivity index (χ2v) is 8.40. The lowest BCUT2D eigenvalue weighted by atomic mass is 9.95. The van der Waals surface area contributed by atoms with E-state index in [1.165, 1.54) is 7.11 Å². The lowest BCUT2D eigenvalue weighted by Crippen LogP contribution is -2.36. The second kappa shape index (κ2) is 9.40. The molecule has 1 aromatic heterocycles. The normalized spacial score (nSPS) is 17.7. The zero-order valence-corrected chi connectivity index (χ0v) is 19.1. The van der Waals surface area contributed by atoms with Gasteiger partial charge in [0, 0.05) is 23.0 Å². The summed E-state index contributed by atoms with van der Waals surface area (Å²) in [6.07, 6.45) is 6.21. The van der Waals surface area contributed by atoms with Gasteiger partial charge in [-0.1, -0.05) is 40.2 Å². The molecule has 8 heteroatoms. The Hall–Kier alpha value is -3.39. The number of aryl methyl sites for hydroxylation is 1. The van der Waals surface area contributed by atoms with Gasteiger partial charge in [0.15, 0.2) is 0 Å². The molecule has 1 aliphatic heterocycles. The maximum absolute atomic E-state index is 13.1. The highest BCUT2D eigenvalue weighted by molar-refractivity contribution is 9.10. The van der Waals surface area contributed by atoms with E-state index >= 15 is 0 Å². The quantitative estimate of drug-likeness (QED) is 0.226. The summed E-state index contributed by atoms with van der Waals surface area (Å²) < 4.78 is 8.04. The molecule has 2 aromatic carbocycles. The summed E-state index contributed by atoms with van der Waals surface area (Å²) in [5, 5.41) is 11.1. The molecular formula is C24H23BrN3O4+. The fourth-order valence-corrected chi connectivity index (χ4v) is 4.36. The van der Waals surface area contributed by atoms with E-state index in [0.717, 1.165) is 10.0 Å². The number of carbonyl (C=O) groups is 2. The predicted octanol–water partition coefficient (Wildman–Crippen LogP) is 3.59. The second-order valence-electron chi connectivity index (χ2n) is 7.48. The number of amides is 1. The van der Waals surface area contributed by atoms with Crippen LogP contribution in [0.3, 0.4) is 0 Å². The number of aliphatic hydroxyl groups excluding tert-OH is 1. The van der Waals surface area contributed by atoms with Gasteiger partial charge in [0.25, 0.3) is 11.7 Å². The average Bonchev–Trinajstić information content (AvgIpc) is 3.41. The first-order chi connectivity index (χ1) is 15.5. The maximum Gasteiger partial charge on any atom is 0.295 e. The molecule has 1 unspecified atom stereocenters. The molecule has 1 atom stereocenters. The van der Waals surface area contributed by atoms with Crippen molar-refractivity contribution in [2.24, 2.45) is 0 Å². The smallest absolute Gasteiger partial charge is 0.295 e. The number of hydrogen-bond acceptors (Lipinski definition) is 4. The van der Waals surface area contributed by atoms with Crippen LogP contribution in [0.2, 0.25) is 0 Å². The van der Waals surface area contributed by atoms with Crippen LogP contribution in [0.4, 0.5) is 0 Å². The van der Waals surface area contributed by atoms with Crippen molar-refractivity contribution in [3.8, 4) is 5.75 Å². The van der Waals surface area contributed by atoms with Crippen LogP contribution >= 0.6 is 15.9 Å².